The van der Waals surface area contributed by atoms with E-state index in [2.05, 4.69) is 5.32 Å². The summed E-state index contributed by atoms with van der Waals surface area (Å²) >= 11 is 0. The molecular weight excluding hydrogens is 192 g/mol. The van der Waals surface area contributed by atoms with Crippen molar-refractivity contribution in [1.82, 2.24) is 10.2 Å². The van der Waals surface area contributed by atoms with E-state index in [4.69, 9.17) is 4.74 Å². The van der Waals surface area contributed by atoms with Crippen LogP contribution in [0.15, 0.2) is 0 Å². The lowest BCUT2D eigenvalue weighted by Gasteiger charge is -2.34. The minimum Gasteiger partial charge on any atom is -0.384 e. The maximum Gasteiger partial charge on any atom is 0.224 e. The molecule has 0 aromatic heterocycles. The van der Waals surface area contributed by atoms with Crippen molar-refractivity contribution in [2.45, 2.75) is 25.3 Å². The van der Waals surface area contributed by atoms with Gasteiger partial charge in [0, 0.05) is 26.2 Å². The van der Waals surface area contributed by atoms with Crippen molar-refractivity contribution in [3.05, 3.63) is 0 Å². The molecule has 4 heteroatoms. The number of fused-ring (bicyclic) bond motifs is 1. The summed E-state index contributed by atoms with van der Waals surface area (Å²) in [6, 6.07) is 0.547. The van der Waals surface area contributed by atoms with Crippen LogP contribution >= 0.6 is 0 Å². The predicted octanol–water partition coefficient (Wildman–Crippen LogP) is 0.233. The summed E-state index contributed by atoms with van der Waals surface area (Å²) in [6.07, 6.45) is 2.97. The van der Waals surface area contributed by atoms with Gasteiger partial charge in [0.05, 0.1) is 13.0 Å². The van der Waals surface area contributed by atoms with Gasteiger partial charge in [-0.2, -0.15) is 0 Å². The number of likely N-dealkylation sites (tertiary alicyclic amines) is 1. The van der Waals surface area contributed by atoms with Gasteiger partial charge in [-0.05, 0) is 25.3 Å². The highest BCUT2D eigenvalue weighted by Crippen LogP contribution is 2.25. The third-order valence-corrected chi connectivity index (χ3v) is 3.55. The van der Waals surface area contributed by atoms with Crippen LogP contribution in [0.4, 0.5) is 0 Å². The normalized spacial score (nSPS) is 30.3. The van der Waals surface area contributed by atoms with Gasteiger partial charge in [-0.25, -0.2) is 0 Å². The molecule has 2 fully saturated rings. The van der Waals surface area contributed by atoms with Crippen molar-refractivity contribution in [2.24, 2.45) is 5.92 Å². The summed E-state index contributed by atoms with van der Waals surface area (Å²) in [5.74, 6) is 1.04. The van der Waals surface area contributed by atoms with Crippen LogP contribution in [0.3, 0.4) is 0 Å². The number of methoxy groups -OCH3 is 1. The summed E-state index contributed by atoms with van der Waals surface area (Å²) in [7, 11) is 1.64. The van der Waals surface area contributed by atoms with Crippen molar-refractivity contribution in [3.8, 4) is 0 Å². The van der Waals surface area contributed by atoms with Crippen LogP contribution in [-0.4, -0.2) is 50.2 Å². The van der Waals surface area contributed by atoms with Crippen molar-refractivity contribution < 1.29 is 9.53 Å². The topological polar surface area (TPSA) is 41.6 Å². The van der Waals surface area contributed by atoms with Gasteiger partial charge in [0.1, 0.15) is 0 Å². The SMILES string of the molecule is COCCC(=O)N1CC[C@H]2CCN[C@H]2C1. The lowest BCUT2D eigenvalue weighted by atomic mass is 9.92. The Hall–Kier alpha value is -0.610. The van der Waals surface area contributed by atoms with Gasteiger partial charge in [0.2, 0.25) is 5.91 Å². The molecule has 4 nitrogen and oxygen atoms in total. The third-order valence-electron chi connectivity index (χ3n) is 3.55. The summed E-state index contributed by atoms with van der Waals surface area (Å²) in [6.45, 7) is 3.49. The highest BCUT2D eigenvalue weighted by molar-refractivity contribution is 5.76. The summed E-state index contributed by atoms with van der Waals surface area (Å²) in [4.78, 5) is 13.7. The van der Waals surface area contributed by atoms with E-state index in [0.29, 0.717) is 19.1 Å². The molecule has 2 heterocycles. The number of amides is 1. The number of ether oxygens (including phenoxy) is 1. The fourth-order valence-corrected chi connectivity index (χ4v) is 2.61. The number of hydrogen-bond acceptors (Lipinski definition) is 3. The minimum atomic E-state index is 0.240. The van der Waals surface area contributed by atoms with Crippen molar-refractivity contribution in [1.29, 1.82) is 0 Å². The Morgan fingerprint density at radius 2 is 2.40 bits per heavy atom. The number of nitrogens with one attached hydrogen (secondary N) is 1. The van der Waals surface area contributed by atoms with Gasteiger partial charge in [-0.1, -0.05) is 0 Å². The summed E-state index contributed by atoms with van der Waals surface area (Å²) in [5.41, 5.74) is 0. The predicted molar refractivity (Wildman–Crippen MR) is 57.6 cm³/mol. The average molecular weight is 212 g/mol. The molecular formula is C11H20N2O2. The maximum atomic E-state index is 11.8. The Labute approximate surface area is 91.0 Å². The molecule has 1 amide bonds. The van der Waals surface area contributed by atoms with Gasteiger partial charge in [-0.15, -0.1) is 0 Å². The van der Waals surface area contributed by atoms with Gasteiger partial charge in [0.25, 0.3) is 0 Å². The molecule has 2 rings (SSSR count). The van der Waals surface area contributed by atoms with E-state index >= 15 is 0 Å². The smallest absolute Gasteiger partial charge is 0.224 e. The van der Waals surface area contributed by atoms with Crippen LogP contribution in [0.25, 0.3) is 0 Å². The van der Waals surface area contributed by atoms with Gasteiger partial charge in [0.15, 0.2) is 0 Å². The first-order valence-electron chi connectivity index (χ1n) is 5.81. The molecule has 2 saturated heterocycles. The zero-order valence-electron chi connectivity index (χ0n) is 9.37. The van der Waals surface area contributed by atoms with Crippen molar-refractivity contribution in [3.63, 3.8) is 0 Å². The number of nitrogens with zero attached hydrogens (tertiary/aromatic N) is 1. The number of hydrogen-bond donors (Lipinski definition) is 1. The monoisotopic (exact) mass is 212 g/mol. The van der Waals surface area contributed by atoms with Gasteiger partial charge >= 0.3 is 0 Å². The molecule has 0 bridgehead atoms. The van der Waals surface area contributed by atoms with Gasteiger partial charge < -0.3 is 15.0 Å². The number of carbonyl (C=O) groups is 1. The molecule has 2 aliphatic rings. The van der Waals surface area contributed by atoms with Crippen LogP contribution in [0.1, 0.15) is 19.3 Å². The molecule has 0 unspecified atom stereocenters. The van der Waals surface area contributed by atoms with E-state index < -0.39 is 0 Å². The Morgan fingerprint density at radius 1 is 1.53 bits per heavy atom. The molecule has 0 radical (unpaired) electrons. The zero-order chi connectivity index (χ0) is 10.7. The molecule has 86 valence electrons. The molecule has 0 aromatic carbocycles. The van der Waals surface area contributed by atoms with Gasteiger partial charge in [-0.3, -0.25) is 4.79 Å². The number of carbonyl (C=O) groups excluding carboxylic acids is 1. The molecule has 1 N–H and O–H groups in total. The first-order valence-corrected chi connectivity index (χ1v) is 5.81. The Balaban J connectivity index is 1.81. The molecule has 0 aliphatic carbocycles. The first kappa shape index (κ1) is 10.9. The largest absolute Gasteiger partial charge is 0.384 e. The fourth-order valence-electron chi connectivity index (χ4n) is 2.61. The van der Waals surface area contributed by atoms with Crippen LogP contribution < -0.4 is 5.32 Å². The van der Waals surface area contributed by atoms with E-state index in [1.807, 2.05) is 4.90 Å². The van der Waals surface area contributed by atoms with Crippen LogP contribution in [0.2, 0.25) is 0 Å². The van der Waals surface area contributed by atoms with Crippen LogP contribution in [-0.2, 0) is 9.53 Å². The van der Waals surface area contributed by atoms with Crippen LogP contribution in [0.5, 0.6) is 0 Å². The zero-order valence-corrected chi connectivity index (χ0v) is 9.37. The highest BCUT2D eigenvalue weighted by Gasteiger charge is 2.33. The third kappa shape index (κ3) is 2.49. The molecule has 0 aromatic rings. The molecule has 2 atom stereocenters. The summed E-state index contributed by atoms with van der Waals surface area (Å²) < 4.78 is 4.93. The maximum absolute atomic E-state index is 11.8. The number of piperidine rings is 1. The highest BCUT2D eigenvalue weighted by atomic mass is 16.5. The Morgan fingerprint density at radius 3 is 3.20 bits per heavy atom. The lowest BCUT2D eigenvalue weighted by molar-refractivity contribution is -0.133. The second kappa shape index (κ2) is 4.94. The van der Waals surface area contributed by atoms with Crippen LogP contribution in [0, 0.1) is 5.92 Å². The average Bonchev–Trinajstić information content (AvgIpc) is 2.72. The molecule has 0 saturated carbocycles. The lowest BCUT2D eigenvalue weighted by Crippen LogP contribution is -2.48. The van der Waals surface area contributed by atoms with E-state index in [9.17, 15) is 4.79 Å². The van der Waals surface area contributed by atoms with E-state index in [1.165, 1.54) is 6.42 Å². The quantitative estimate of drug-likeness (QED) is 0.728. The molecule has 0 spiro atoms. The Bertz CT molecular complexity index is 233. The Kier molecular flexibility index (Phi) is 3.59. The first-order chi connectivity index (χ1) is 7.31. The fraction of sp³-hybridized carbons (Fsp3) is 0.909. The molecule has 2 aliphatic heterocycles. The van der Waals surface area contributed by atoms with E-state index in [0.717, 1.165) is 32.0 Å². The second-order valence-electron chi connectivity index (χ2n) is 4.48. The standard InChI is InChI=1S/C11H20N2O2/c1-15-7-4-11(14)13-6-3-9-2-5-12-10(9)8-13/h9-10,12H,2-8H2,1H3/t9-,10+/m1/s1. The van der Waals surface area contributed by atoms with E-state index in [1.54, 1.807) is 7.11 Å². The van der Waals surface area contributed by atoms with Crippen molar-refractivity contribution >= 4 is 5.91 Å². The minimum absolute atomic E-state index is 0.240. The summed E-state index contributed by atoms with van der Waals surface area (Å²) in [5, 5.41) is 3.47. The van der Waals surface area contributed by atoms with Crippen molar-refractivity contribution in [2.75, 3.05) is 33.4 Å². The molecule has 15 heavy (non-hydrogen) atoms. The number of rotatable bonds is 3. The second-order valence-corrected chi connectivity index (χ2v) is 4.48. The van der Waals surface area contributed by atoms with E-state index in [-0.39, 0.29) is 5.91 Å².